The fourth-order valence-electron chi connectivity index (χ4n) is 2.85. The quantitative estimate of drug-likeness (QED) is 0.946. The molecule has 118 valence electrons. The molecule has 1 atom stereocenters. The van der Waals surface area contributed by atoms with Gasteiger partial charge < -0.3 is 10.2 Å². The highest BCUT2D eigenvalue weighted by Gasteiger charge is 2.33. The van der Waals surface area contributed by atoms with Crippen LogP contribution < -0.4 is 5.32 Å². The predicted octanol–water partition coefficient (Wildman–Crippen LogP) is 3.29. The van der Waals surface area contributed by atoms with Gasteiger partial charge in [-0.15, -0.1) is 0 Å². The van der Waals surface area contributed by atoms with Gasteiger partial charge in [0.15, 0.2) is 0 Å². The van der Waals surface area contributed by atoms with E-state index in [2.05, 4.69) is 5.32 Å². The highest BCUT2D eigenvalue weighted by Crippen LogP contribution is 2.25. The van der Waals surface area contributed by atoms with Gasteiger partial charge in [-0.2, -0.15) is 0 Å². The molecule has 1 unspecified atom stereocenters. The summed E-state index contributed by atoms with van der Waals surface area (Å²) >= 11 is 0. The van der Waals surface area contributed by atoms with E-state index in [1.54, 1.807) is 11.8 Å². The summed E-state index contributed by atoms with van der Waals surface area (Å²) in [5.74, 6) is -0.246. The number of amides is 2. The first-order chi connectivity index (χ1) is 11.0. The van der Waals surface area contributed by atoms with Crippen molar-refractivity contribution < 1.29 is 9.59 Å². The molecule has 4 heteroatoms. The molecule has 23 heavy (non-hydrogen) atoms. The first-order valence-corrected chi connectivity index (χ1v) is 7.75. The molecule has 0 fully saturated rings. The number of benzene rings is 2. The molecular formula is C19H20N2O2. The molecule has 0 saturated carbocycles. The summed E-state index contributed by atoms with van der Waals surface area (Å²) in [5, 5.41) is 2.94. The minimum Gasteiger partial charge on any atom is -0.324 e. The molecule has 3 rings (SSSR count). The monoisotopic (exact) mass is 308 g/mol. The van der Waals surface area contributed by atoms with Gasteiger partial charge in [-0.3, -0.25) is 9.59 Å². The van der Waals surface area contributed by atoms with Crippen molar-refractivity contribution in [2.45, 2.75) is 33.4 Å². The predicted molar refractivity (Wildman–Crippen MR) is 90.3 cm³/mol. The van der Waals surface area contributed by atoms with Gasteiger partial charge in [0.1, 0.15) is 6.04 Å². The first-order valence-electron chi connectivity index (χ1n) is 7.75. The Morgan fingerprint density at radius 1 is 1.13 bits per heavy atom. The van der Waals surface area contributed by atoms with E-state index in [0.29, 0.717) is 12.1 Å². The molecule has 2 amide bonds. The molecule has 1 aliphatic heterocycles. The van der Waals surface area contributed by atoms with Gasteiger partial charge in [0.25, 0.3) is 5.91 Å². The first kappa shape index (κ1) is 15.3. The minimum absolute atomic E-state index is 0.0794. The molecule has 1 aliphatic rings. The van der Waals surface area contributed by atoms with Crippen LogP contribution in [0.4, 0.5) is 5.69 Å². The maximum Gasteiger partial charge on any atom is 0.255 e. The van der Waals surface area contributed by atoms with Gasteiger partial charge in [-0.25, -0.2) is 0 Å². The zero-order valence-electron chi connectivity index (χ0n) is 13.6. The van der Waals surface area contributed by atoms with E-state index in [0.717, 1.165) is 22.4 Å². The van der Waals surface area contributed by atoms with Gasteiger partial charge in [-0.05, 0) is 49.6 Å². The van der Waals surface area contributed by atoms with Crippen LogP contribution >= 0.6 is 0 Å². The van der Waals surface area contributed by atoms with Crippen molar-refractivity contribution in [3.8, 4) is 0 Å². The second-order valence-electron chi connectivity index (χ2n) is 6.00. The van der Waals surface area contributed by atoms with Crippen LogP contribution in [-0.2, 0) is 11.3 Å². The fraction of sp³-hybridized carbons (Fsp3) is 0.263. The van der Waals surface area contributed by atoms with E-state index in [4.69, 9.17) is 0 Å². The van der Waals surface area contributed by atoms with Gasteiger partial charge in [0.2, 0.25) is 5.91 Å². The van der Waals surface area contributed by atoms with Crippen molar-refractivity contribution >= 4 is 17.5 Å². The molecule has 0 radical (unpaired) electrons. The molecule has 0 bridgehead atoms. The van der Waals surface area contributed by atoms with E-state index >= 15 is 0 Å². The van der Waals surface area contributed by atoms with Crippen LogP contribution in [0.15, 0.2) is 42.5 Å². The molecule has 2 aromatic rings. The molecule has 1 N–H and O–H groups in total. The largest absolute Gasteiger partial charge is 0.324 e. The number of hydrogen-bond acceptors (Lipinski definition) is 2. The average Bonchev–Trinajstić information content (AvgIpc) is 2.88. The molecule has 0 aromatic heterocycles. The Bertz CT molecular complexity index is 783. The Hall–Kier alpha value is -2.62. The molecule has 0 spiro atoms. The van der Waals surface area contributed by atoms with Crippen molar-refractivity contribution in [3.05, 3.63) is 64.7 Å². The molecular weight excluding hydrogens is 288 g/mol. The third kappa shape index (κ3) is 2.72. The summed E-state index contributed by atoms with van der Waals surface area (Å²) in [6.45, 7) is 6.24. The zero-order chi connectivity index (χ0) is 16.6. The van der Waals surface area contributed by atoms with Crippen molar-refractivity contribution in [3.63, 3.8) is 0 Å². The Balaban J connectivity index is 1.76. The van der Waals surface area contributed by atoms with E-state index in [-0.39, 0.29) is 11.8 Å². The second kappa shape index (κ2) is 5.88. The molecule has 2 aromatic carbocycles. The smallest absolute Gasteiger partial charge is 0.255 e. The van der Waals surface area contributed by atoms with Crippen LogP contribution in [0.5, 0.6) is 0 Å². The summed E-state index contributed by atoms with van der Waals surface area (Å²) in [5.41, 5.74) is 4.64. The number of aryl methyl sites for hydroxylation is 1. The summed E-state index contributed by atoms with van der Waals surface area (Å²) in [6.07, 6.45) is 0. The summed E-state index contributed by atoms with van der Waals surface area (Å²) in [4.78, 5) is 26.6. The highest BCUT2D eigenvalue weighted by molar-refractivity contribution is 6.03. The third-order valence-electron chi connectivity index (χ3n) is 4.56. The maximum absolute atomic E-state index is 12.6. The SMILES string of the molecule is Cc1cccc(NC(=O)C(C)N2Cc3ccccc3C2=O)c1C. The number of hydrogen-bond donors (Lipinski definition) is 1. The lowest BCUT2D eigenvalue weighted by atomic mass is 10.1. The standard InChI is InChI=1S/C19H20N2O2/c1-12-7-6-10-17(13(12)2)20-18(22)14(3)21-11-15-8-4-5-9-16(15)19(21)23/h4-10,14H,11H2,1-3H3,(H,20,22). The van der Waals surface area contributed by atoms with E-state index in [1.165, 1.54) is 0 Å². The van der Waals surface area contributed by atoms with Gasteiger partial charge in [0.05, 0.1) is 0 Å². The third-order valence-corrected chi connectivity index (χ3v) is 4.56. The number of carbonyl (C=O) groups is 2. The van der Waals surface area contributed by atoms with E-state index in [1.807, 2.05) is 56.3 Å². The molecule has 4 nitrogen and oxygen atoms in total. The van der Waals surface area contributed by atoms with Gasteiger partial charge in [0, 0.05) is 17.8 Å². The zero-order valence-corrected chi connectivity index (χ0v) is 13.6. The number of anilines is 1. The van der Waals surface area contributed by atoms with Crippen molar-refractivity contribution in [1.29, 1.82) is 0 Å². The Morgan fingerprint density at radius 2 is 1.87 bits per heavy atom. The van der Waals surface area contributed by atoms with E-state index in [9.17, 15) is 9.59 Å². The minimum atomic E-state index is -0.519. The van der Waals surface area contributed by atoms with Crippen molar-refractivity contribution in [1.82, 2.24) is 4.90 Å². The van der Waals surface area contributed by atoms with Crippen LogP contribution in [0.25, 0.3) is 0 Å². The van der Waals surface area contributed by atoms with Crippen molar-refractivity contribution in [2.24, 2.45) is 0 Å². The number of fused-ring (bicyclic) bond motifs is 1. The van der Waals surface area contributed by atoms with Crippen LogP contribution in [0.1, 0.15) is 34.0 Å². The topological polar surface area (TPSA) is 49.4 Å². The second-order valence-corrected chi connectivity index (χ2v) is 6.00. The van der Waals surface area contributed by atoms with E-state index < -0.39 is 6.04 Å². The van der Waals surface area contributed by atoms with Crippen LogP contribution in [-0.4, -0.2) is 22.8 Å². The maximum atomic E-state index is 12.6. The Kier molecular flexibility index (Phi) is 3.90. The van der Waals surface area contributed by atoms with Crippen LogP contribution in [0, 0.1) is 13.8 Å². The number of nitrogens with one attached hydrogen (secondary N) is 1. The lowest BCUT2D eigenvalue weighted by Crippen LogP contribution is -2.42. The fourth-order valence-corrected chi connectivity index (χ4v) is 2.85. The Morgan fingerprint density at radius 3 is 2.61 bits per heavy atom. The van der Waals surface area contributed by atoms with Crippen LogP contribution in [0.2, 0.25) is 0 Å². The highest BCUT2D eigenvalue weighted by atomic mass is 16.2. The number of carbonyl (C=O) groups excluding carboxylic acids is 2. The van der Waals surface area contributed by atoms with Gasteiger partial charge >= 0.3 is 0 Å². The Labute approximate surface area is 136 Å². The molecule has 0 aliphatic carbocycles. The molecule has 0 saturated heterocycles. The lowest BCUT2D eigenvalue weighted by molar-refractivity contribution is -0.120. The normalized spacial score (nSPS) is 14.6. The lowest BCUT2D eigenvalue weighted by Gasteiger charge is -2.24. The van der Waals surface area contributed by atoms with Crippen molar-refractivity contribution in [2.75, 3.05) is 5.32 Å². The summed E-state index contributed by atoms with van der Waals surface area (Å²) in [7, 11) is 0. The summed E-state index contributed by atoms with van der Waals surface area (Å²) < 4.78 is 0. The molecule has 1 heterocycles. The number of nitrogens with zero attached hydrogens (tertiary/aromatic N) is 1. The average molecular weight is 308 g/mol. The van der Waals surface area contributed by atoms with Gasteiger partial charge in [-0.1, -0.05) is 30.3 Å². The summed E-state index contributed by atoms with van der Waals surface area (Å²) in [6, 6.07) is 12.8. The number of rotatable bonds is 3. The van der Waals surface area contributed by atoms with Crippen LogP contribution in [0.3, 0.4) is 0 Å².